The molecule has 1 amide bonds. The molecule has 1 heterocycles. The van der Waals surface area contributed by atoms with Gasteiger partial charge in [0.1, 0.15) is 0 Å². The molecule has 0 bridgehead atoms. The topological polar surface area (TPSA) is 26.8 Å². The Kier molecular flexibility index (Phi) is 8.60. The zero-order valence-electron chi connectivity index (χ0n) is 17.0. The van der Waals surface area contributed by atoms with Crippen LogP contribution in [-0.2, 0) is 11.0 Å². The predicted octanol–water partition coefficient (Wildman–Crippen LogP) is 4.26. The third-order valence-electron chi connectivity index (χ3n) is 5.33. The van der Waals surface area contributed by atoms with Crippen LogP contribution in [0.2, 0.25) is 0 Å². The Morgan fingerprint density at radius 3 is 2.46 bits per heavy atom. The van der Waals surface area contributed by atoms with Crippen molar-refractivity contribution in [3.8, 4) is 0 Å². The smallest absolute Gasteiger partial charge is 0.369 e. The molecular weight excluding hydrogens is 367 g/mol. The monoisotopic (exact) mass is 399 g/mol. The molecule has 1 aromatic carbocycles. The van der Waals surface area contributed by atoms with Gasteiger partial charge in [0.2, 0.25) is 5.91 Å². The first kappa shape index (κ1) is 22.5. The molecule has 1 fully saturated rings. The minimum absolute atomic E-state index is 0.164. The van der Waals surface area contributed by atoms with Crippen molar-refractivity contribution in [3.63, 3.8) is 0 Å². The van der Waals surface area contributed by atoms with E-state index < -0.39 is 11.7 Å². The van der Waals surface area contributed by atoms with Crippen molar-refractivity contribution in [1.29, 1.82) is 0 Å². The van der Waals surface area contributed by atoms with E-state index in [-0.39, 0.29) is 5.91 Å². The molecule has 0 aromatic heterocycles. The summed E-state index contributed by atoms with van der Waals surface area (Å²) in [4.78, 5) is 18.3. The summed E-state index contributed by atoms with van der Waals surface area (Å²) in [5, 5.41) is 0. The summed E-state index contributed by atoms with van der Waals surface area (Å²) in [5.74, 6) is 0.164. The van der Waals surface area contributed by atoms with E-state index in [1.54, 1.807) is 6.07 Å². The number of carbonyl (C=O) groups is 1. The maximum absolute atomic E-state index is 12.9. The number of benzene rings is 1. The Morgan fingerprint density at radius 1 is 1.11 bits per heavy atom. The summed E-state index contributed by atoms with van der Waals surface area (Å²) in [5.41, 5.74) is -0.00244. The average molecular weight is 400 g/mol. The average Bonchev–Trinajstić information content (AvgIpc) is 2.69. The fourth-order valence-electron chi connectivity index (χ4n) is 3.45. The van der Waals surface area contributed by atoms with Crippen LogP contribution in [0.5, 0.6) is 0 Å². The molecule has 1 aliphatic rings. The first-order valence-corrected chi connectivity index (χ1v) is 10.2. The lowest BCUT2D eigenvalue weighted by Gasteiger charge is -2.36. The number of hydrogen-bond donors (Lipinski definition) is 0. The summed E-state index contributed by atoms with van der Waals surface area (Å²) in [6.07, 6.45) is 0.772. The third-order valence-corrected chi connectivity index (χ3v) is 5.33. The van der Waals surface area contributed by atoms with Gasteiger partial charge in [-0.25, -0.2) is 0 Å². The van der Waals surface area contributed by atoms with Crippen LogP contribution >= 0.6 is 0 Å². The molecule has 1 saturated heterocycles. The standard InChI is InChI=1S/C21H32F3N3O/c1-3-4-5-6-11-25(2)20(28)10-12-26-13-15-27(16-14-26)19-9-7-8-18(17-19)21(22,23)24/h7-9,17H,3-6,10-16H2,1-2H3. The number of anilines is 1. The maximum Gasteiger partial charge on any atom is 0.416 e. The minimum Gasteiger partial charge on any atom is -0.369 e. The van der Waals surface area contributed by atoms with Crippen molar-refractivity contribution < 1.29 is 18.0 Å². The molecule has 0 atom stereocenters. The van der Waals surface area contributed by atoms with Gasteiger partial charge in [-0.1, -0.05) is 32.3 Å². The molecule has 1 aromatic rings. The molecule has 158 valence electrons. The Balaban J connectivity index is 1.73. The summed E-state index contributed by atoms with van der Waals surface area (Å²) in [7, 11) is 1.86. The zero-order chi connectivity index (χ0) is 20.6. The van der Waals surface area contributed by atoms with Crippen molar-refractivity contribution in [2.24, 2.45) is 0 Å². The Bertz CT molecular complexity index is 613. The van der Waals surface area contributed by atoms with E-state index in [2.05, 4.69) is 11.8 Å². The second kappa shape index (κ2) is 10.7. The van der Waals surface area contributed by atoms with Crippen molar-refractivity contribution in [1.82, 2.24) is 9.80 Å². The van der Waals surface area contributed by atoms with Gasteiger partial charge in [0.15, 0.2) is 0 Å². The molecule has 0 spiro atoms. The lowest BCUT2D eigenvalue weighted by molar-refractivity contribution is -0.137. The molecule has 0 saturated carbocycles. The van der Waals surface area contributed by atoms with Crippen LogP contribution < -0.4 is 4.90 Å². The molecule has 28 heavy (non-hydrogen) atoms. The molecule has 4 nitrogen and oxygen atoms in total. The van der Waals surface area contributed by atoms with E-state index in [4.69, 9.17) is 0 Å². The number of hydrogen-bond acceptors (Lipinski definition) is 3. The van der Waals surface area contributed by atoms with Gasteiger partial charge in [-0.05, 0) is 24.6 Å². The van der Waals surface area contributed by atoms with E-state index >= 15 is 0 Å². The number of alkyl halides is 3. The fourth-order valence-corrected chi connectivity index (χ4v) is 3.45. The van der Waals surface area contributed by atoms with Crippen molar-refractivity contribution in [2.75, 3.05) is 51.2 Å². The normalized spacial score (nSPS) is 15.7. The molecular formula is C21H32F3N3O. The van der Waals surface area contributed by atoms with Crippen molar-refractivity contribution in [2.45, 2.75) is 45.2 Å². The van der Waals surface area contributed by atoms with E-state index in [1.165, 1.54) is 25.0 Å². The van der Waals surface area contributed by atoms with Gasteiger partial charge in [0.05, 0.1) is 5.56 Å². The lowest BCUT2D eigenvalue weighted by atomic mass is 10.1. The van der Waals surface area contributed by atoms with Crippen LogP contribution in [0.1, 0.15) is 44.6 Å². The highest BCUT2D eigenvalue weighted by Gasteiger charge is 2.31. The summed E-state index contributed by atoms with van der Waals surface area (Å²) >= 11 is 0. The summed E-state index contributed by atoms with van der Waals surface area (Å²) < 4.78 is 38.7. The van der Waals surface area contributed by atoms with Gasteiger partial charge >= 0.3 is 6.18 Å². The van der Waals surface area contributed by atoms with Gasteiger partial charge in [-0.15, -0.1) is 0 Å². The Labute approximate surface area is 166 Å². The van der Waals surface area contributed by atoms with E-state index in [0.29, 0.717) is 31.7 Å². The molecule has 7 heteroatoms. The number of piperazine rings is 1. The van der Waals surface area contributed by atoms with Crippen molar-refractivity contribution >= 4 is 11.6 Å². The Hall–Kier alpha value is -1.76. The number of rotatable bonds is 9. The number of unbranched alkanes of at least 4 members (excludes halogenated alkanes) is 3. The van der Waals surface area contributed by atoms with Gasteiger partial charge < -0.3 is 9.80 Å². The molecule has 0 unspecified atom stereocenters. The van der Waals surface area contributed by atoms with Crippen LogP contribution in [-0.4, -0.2) is 62.0 Å². The Morgan fingerprint density at radius 2 is 1.82 bits per heavy atom. The largest absolute Gasteiger partial charge is 0.416 e. The lowest BCUT2D eigenvalue weighted by Crippen LogP contribution is -2.47. The fraction of sp³-hybridized carbons (Fsp3) is 0.667. The van der Waals surface area contributed by atoms with E-state index in [0.717, 1.165) is 38.5 Å². The van der Waals surface area contributed by atoms with Crippen LogP contribution in [0.3, 0.4) is 0 Å². The maximum atomic E-state index is 12.9. The van der Waals surface area contributed by atoms with Crippen LogP contribution in [0.25, 0.3) is 0 Å². The number of nitrogens with zero attached hydrogens (tertiary/aromatic N) is 3. The zero-order valence-corrected chi connectivity index (χ0v) is 17.0. The second-order valence-corrected chi connectivity index (χ2v) is 7.50. The SMILES string of the molecule is CCCCCCN(C)C(=O)CCN1CCN(c2cccc(C(F)(F)F)c2)CC1. The summed E-state index contributed by atoms with van der Waals surface area (Å²) in [6.45, 7) is 6.52. The van der Waals surface area contributed by atoms with Crippen LogP contribution in [0.4, 0.5) is 18.9 Å². The highest BCUT2D eigenvalue weighted by Crippen LogP contribution is 2.31. The number of amides is 1. The van der Waals surface area contributed by atoms with Gasteiger partial charge in [0.25, 0.3) is 0 Å². The molecule has 2 rings (SSSR count). The first-order chi connectivity index (χ1) is 13.3. The molecule has 1 aliphatic heterocycles. The van der Waals surface area contributed by atoms with Gasteiger partial charge in [0, 0.05) is 58.4 Å². The minimum atomic E-state index is -4.32. The highest BCUT2D eigenvalue weighted by atomic mass is 19.4. The van der Waals surface area contributed by atoms with Crippen LogP contribution in [0, 0.1) is 0 Å². The van der Waals surface area contributed by atoms with Gasteiger partial charge in [-0.3, -0.25) is 9.69 Å². The second-order valence-electron chi connectivity index (χ2n) is 7.50. The third kappa shape index (κ3) is 7.00. The van der Waals surface area contributed by atoms with Crippen molar-refractivity contribution in [3.05, 3.63) is 29.8 Å². The van der Waals surface area contributed by atoms with E-state index in [1.807, 2.05) is 16.8 Å². The highest BCUT2D eigenvalue weighted by molar-refractivity contribution is 5.76. The first-order valence-electron chi connectivity index (χ1n) is 10.2. The number of carbonyl (C=O) groups excluding carboxylic acids is 1. The quantitative estimate of drug-likeness (QED) is 0.581. The number of halogens is 3. The van der Waals surface area contributed by atoms with Crippen LogP contribution in [0.15, 0.2) is 24.3 Å². The molecule has 0 N–H and O–H groups in total. The predicted molar refractivity (Wildman–Crippen MR) is 106 cm³/mol. The van der Waals surface area contributed by atoms with E-state index in [9.17, 15) is 18.0 Å². The molecule has 0 aliphatic carbocycles. The molecule has 0 radical (unpaired) electrons. The summed E-state index contributed by atoms with van der Waals surface area (Å²) in [6, 6.07) is 5.50. The van der Waals surface area contributed by atoms with Gasteiger partial charge in [-0.2, -0.15) is 13.2 Å².